The van der Waals surface area contributed by atoms with Gasteiger partial charge in [-0.15, -0.1) is 0 Å². The van der Waals surface area contributed by atoms with Crippen molar-refractivity contribution >= 4 is 35.2 Å². The van der Waals surface area contributed by atoms with Crippen molar-refractivity contribution in [2.45, 2.75) is 12.8 Å². The molecule has 1 saturated heterocycles. The molecular formula is C16H19ClFN3O4. The molecule has 0 radical (unpaired) electrons. The molecule has 0 aromatic heterocycles. The van der Waals surface area contributed by atoms with Crippen molar-refractivity contribution in [2.75, 3.05) is 32.1 Å². The average molecular weight is 372 g/mol. The number of hydrogen-bond acceptors (Lipinski definition) is 4. The summed E-state index contributed by atoms with van der Waals surface area (Å²) >= 11 is 5.62. The van der Waals surface area contributed by atoms with E-state index in [9.17, 15) is 18.8 Å². The lowest BCUT2D eigenvalue weighted by Gasteiger charge is -2.30. The number of halogens is 2. The highest BCUT2D eigenvalue weighted by Gasteiger charge is 2.24. The molecule has 136 valence electrons. The number of methoxy groups -OCH3 is 1. The number of ether oxygens (including phenoxy) is 1. The van der Waals surface area contributed by atoms with E-state index in [1.54, 1.807) is 4.90 Å². The van der Waals surface area contributed by atoms with Crippen molar-refractivity contribution < 1.29 is 23.5 Å². The maximum Gasteiger partial charge on any atom is 0.409 e. The molecule has 1 fully saturated rings. The minimum Gasteiger partial charge on any atom is -0.453 e. The van der Waals surface area contributed by atoms with Gasteiger partial charge in [0, 0.05) is 25.3 Å². The molecule has 1 aromatic carbocycles. The maximum absolute atomic E-state index is 13.1. The predicted octanol–water partition coefficient (Wildman–Crippen LogP) is 2.01. The van der Waals surface area contributed by atoms with Crippen LogP contribution in [0.2, 0.25) is 5.02 Å². The third-order valence-corrected chi connectivity index (χ3v) is 4.27. The minimum absolute atomic E-state index is 0.143. The highest BCUT2D eigenvalue weighted by atomic mass is 35.5. The van der Waals surface area contributed by atoms with Gasteiger partial charge in [-0.25, -0.2) is 9.18 Å². The maximum atomic E-state index is 13.1. The number of hydrogen-bond donors (Lipinski definition) is 2. The lowest BCUT2D eigenvalue weighted by molar-refractivity contribution is -0.136. The smallest absolute Gasteiger partial charge is 0.409 e. The Balaban J connectivity index is 1.75. The second kappa shape index (κ2) is 8.66. The molecule has 0 unspecified atom stereocenters. The molecule has 3 amide bonds. The number of carbonyl (C=O) groups is 3. The van der Waals surface area contributed by atoms with Crippen LogP contribution in [0.4, 0.5) is 14.9 Å². The molecule has 2 rings (SSSR count). The second-order valence-electron chi connectivity index (χ2n) is 5.69. The normalized spacial score (nSPS) is 14.8. The number of carbonyl (C=O) groups excluding carboxylic acids is 3. The number of benzene rings is 1. The monoisotopic (exact) mass is 371 g/mol. The molecule has 0 saturated carbocycles. The van der Waals surface area contributed by atoms with Gasteiger partial charge in [0.25, 0.3) is 0 Å². The van der Waals surface area contributed by atoms with E-state index < -0.39 is 17.6 Å². The van der Waals surface area contributed by atoms with Crippen molar-refractivity contribution in [3.8, 4) is 0 Å². The summed E-state index contributed by atoms with van der Waals surface area (Å²) in [4.78, 5) is 36.7. The first-order chi connectivity index (χ1) is 11.9. The lowest BCUT2D eigenvalue weighted by Crippen LogP contribution is -2.43. The Bertz CT molecular complexity index is 663. The zero-order valence-corrected chi connectivity index (χ0v) is 14.4. The zero-order chi connectivity index (χ0) is 18.4. The summed E-state index contributed by atoms with van der Waals surface area (Å²) in [6, 6.07) is 3.64. The van der Waals surface area contributed by atoms with Crippen LogP contribution < -0.4 is 10.6 Å². The molecule has 1 aromatic rings. The van der Waals surface area contributed by atoms with E-state index >= 15 is 0 Å². The third-order valence-electron chi connectivity index (χ3n) is 3.98. The van der Waals surface area contributed by atoms with E-state index in [2.05, 4.69) is 15.4 Å². The molecule has 0 aliphatic carbocycles. The van der Waals surface area contributed by atoms with Crippen molar-refractivity contribution in [3.05, 3.63) is 29.0 Å². The lowest BCUT2D eigenvalue weighted by atomic mass is 9.97. The summed E-state index contributed by atoms with van der Waals surface area (Å²) in [7, 11) is 1.33. The topological polar surface area (TPSA) is 87.7 Å². The van der Waals surface area contributed by atoms with Gasteiger partial charge in [0.2, 0.25) is 0 Å². The zero-order valence-electron chi connectivity index (χ0n) is 13.7. The number of amides is 3. The van der Waals surface area contributed by atoms with E-state index in [1.165, 1.54) is 19.2 Å². The quantitative estimate of drug-likeness (QED) is 0.796. The van der Waals surface area contributed by atoms with Crippen LogP contribution in [0.5, 0.6) is 0 Å². The molecule has 1 heterocycles. The Labute approximate surface area is 149 Å². The average Bonchev–Trinajstić information content (AvgIpc) is 2.62. The third kappa shape index (κ3) is 5.32. The first-order valence-electron chi connectivity index (χ1n) is 7.78. The second-order valence-corrected chi connectivity index (χ2v) is 6.10. The summed E-state index contributed by atoms with van der Waals surface area (Å²) < 4.78 is 17.7. The van der Waals surface area contributed by atoms with Gasteiger partial charge < -0.3 is 20.3 Å². The van der Waals surface area contributed by atoms with Crippen LogP contribution in [0.15, 0.2) is 18.2 Å². The highest BCUT2D eigenvalue weighted by molar-refractivity contribution is 6.39. The number of nitrogens with zero attached hydrogens (tertiary/aromatic N) is 1. The fraction of sp³-hybridized carbons (Fsp3) is 0.438. The number of likely N-dealkylation sites (tertiary alicyclic amines) is 1. The van der Waals surface area contributed by atoms with Crippen molar-refractivity contribution in [1.29, 1.82) is 0 Å². The number of rotatable bonds is 3. The van der Waals surface area contributed by atoms with Crippen LogP contribution in [0.3, 0.4) is 0 Å². The predicted molar refractivity (Wildman–Crippen MR) is 89.8 cm³/mol. The molecule has 25 heavy (non-hydrogen) atoms. The molecule has 1 aliphatic heterocycles. The van der Waals surface area contributed by atoms with Gasteiger partial charge in [-0.1, -0.05) is 11.6 Å². The van der Waals surface area contributed by atoms with Crippen molar-refractivity contribution in [2.24, 2.45) is 5.92 Å². The highest BCUT2D eigenvalue weighted by Crippen LogP contribution is 2.19. The SMILES string of the molecule is COC(=O)N1CCC(CNC(=O)C(=O)Nc2ccc(F)c(Cl)c2)CC1. The van der Waals surface area contributed by atoms with Crippen molar-refractivity contribution in [1.82, 2.24) is 10.2 Å². The van der Waals surface area contributed by atoms with E-state index in [0.717, 1.165) is 6.07 Å². The van der Waals surface area contributed by atoms with E-state index in [1.807, 2.05) is 0 Å². The molecule has 0 atom stereocenters. The van der Waals surface area contributed by atoms with Gasteiger partial charge in [-0.3, -0.25) is 9.59 Å². The summed E-state index contributed by atoms with van der Waals surface area (Å²) in [6.07, 6.45) is 1.06. The van der Waals surface area contributed by atoms with Gasteiger partial charge in [-0.2, -0.15) is 0 Å². The molecule has 0 spiro atoms. The Morgan fingerprint density at radius 1 is 1.28 bits per heavy atom. The van der Waals surface area contributed by atoms with Gasteiger partial charge in [0.1, 0.15) is 5.82 Å². The Hall–Kier alpha value is -2.35. The van der Waals surface area contributed by atoms with Crippen LogP contribution >= 0.6 is 11.6 Å². The first-order valence-corrected chi connectivity index (χ1v) is 8.15. The fourth-order valence-corrected chi connectivity index (χ4v) is 2.71. The Kier molecular flexibility index (Phi) is 6.58. The van der Waals surface area contributed by atoms with E-state index in [0.29, 0.717) is 32.5 Å². The van der Waals surface area contributed by atoms with Crippen LogP contribution in [-0.4, -0.2) is 49.6 Å². The van der Waals surface area contributed by atoms with Crippen LogP contribution in [0, 0.1) is 11.7 Å². The fourth-order valence-electron chi connectivity index (χ4n) is 2.53. The molecular weight excluding hydrogens is 353 g/mol. The molecule has 2 N–H and O–H groups in total. The summed E-state index contributed by atoms with van der Waals surface area (Å²) in [6.45, 7) is 1.44. The Morgan fingerprint density at radius 3 is 2.56 bits per heavy atom. The molecule has 1 aliphatic rings. The van der Waals surface area contributed by atoms with Gasteiger partial charge in [0.15, 0.2) is 0 Å². The molecule has 0 bridgehead atoms. The van der Waals surface area contributed by atoms with Gasteiger partial charge in [0.05, 0.1) is 12.1 Å². The summed E-state index contributed by atoms with van der Waals surface area (Å²) in [5.74, 6) is -2.06. The minimum atomic E-state index is -0.852. The number of piperidine rings is 1. The number of nitrogens with one attached hydrogen (secondary N) is 2. The Morgan fingerprint density at radius 2 is 1.96 bits per heavy atom. The first kappa shape index (κ1) is 19.0. The standard InChI is InChI=1S/C16H19ClFN3O4/c1-25-16(24)21-6-4-10(5-7-21)9-19-14(22)15(23)20-11-2-3-13(18)12(17)8-11/h2-3,8,10H,4-7,9H2,1H3,(H,19,22)(H,20,23). The van der Waals surface area contributed by atoms with Gasteiger partial charge in [-0.05, 0) is 37.0 Å². The largest absolute Gasteiger partial charge is 0.453 e. The van der Waals surface area contributed by atoms with Crippen LogP contribution in [0.1, 0.15) is 12.8 Å². The van der Waals surface area contributed by atoms with E-state index in [-0.39, 0.29) is 22.7 Å². The molecule has 9 heteroatoms. The number of anilines is 1. The van der Waals surface area contributed by atoms with Crippen LogP contribution in [-0.2, 0) is 14.3 Å². The summed E-state index contributed by atoms with van der Waals surface area (Å²) in [5, 5.41) is 4.78. The van der Waals surface area contributed by atoms with E-state index in [4.69, 9.17) is 11.6 Å². The molecule has 7 nitrogen and oxygen atoms in total. The van der Waals surface area contributed by atoms with Gasteiger partial charge >= 0.3 is 17.9 Å². The summed E-state index contributed by atoms with van der Waals surface area (Å²) in [5.41, 5.74) is 0.234. The van der Waals surface area contributed by atoms with Crippen LogP contribution in [0.25, 0.3) is 0 Å². The van der Waals surface area contributed by atoms with Crippen molar-refractivity contribution in [3.63, 3.8) is 0 Å².